The highest BCUT2D eigenvalue weighted by atomic mass is 16.5. The van der Waals surface area contributed by atoms with Gasteiger partial charge in [-0.25, -0.2) is 0 Å². The molecule has 0 unspecified atom stereocenters. The number of rotatable bonds is 3. The zero-order chi connectivity index (χ0) is 21.3. The molecule has 1 aromatic carbocycles. The number of aliphatic hydroxyl groups excluding tert-OH is 1. The Labute approximate surface area is 179 Å². The normalized spacial score (nSPS) is 23.7. The van der Waals surface area contributed by atoms with Crippen molar-refractivity contribution in [1.82, 2.24) is 9.88 Å². The van der Waals surface area contributed by atoms with E-state index in [1.165, 1.54) is 0 Å². The van der Waals surface area contributed by atoms with Crippen LogP contribution in [0.1, 0.15) is 55.6 Å². The summed E-state index contributed by atoms with van der Waals surface area (Å²) < 4.78 is 6.49. The van der Waals surface area contributed by atoms with Gasteiger partial charge in [-0.15, -0.1) is 0 Å². The highest BCUT2D eigenvalue weighted by molar-refractivity contribution is 6.01. The molecule has 0 saturated carbocycles. The molecule has 0 aliphatic carbocycles. The van der Waals surface area contributed by atoms with E-state index >= 15 is 0 Å². The molecule has 160 valence electrons. The number of benzene rings is 1. The monoisotopic (exact) mass is 408 g/mol. The summed E-state index contributed by atoms with van der Waals surface area (Å²) in [5.41, 5.74) is 3.08. The molecule has 0 radical (unpaired) electrons. The van der Waals surface area contributed by atoms with E-state index in [0.717, 1.165) is 29.7 Å². The first-order valence-electron chi connectivity index (χ1n) is 11.0. The molecule has 1 spiro atoms. The van der Waals surface area contributed by atoms with Crippen LogP contribution in [0, 0.1) is 12.8 Å². The summed E-state index contributed by atoms with van der Waals surface area (Å²) in [7, 11) is 0. The van der Waals surface area contributed by atoms with Gasteiger partial charge < -0.3 is 14.7 Å². The number of carbonyl (C=O) groups is 1. The van der Waals surface area contributed by atoms with Gasteiger partial charge in [0.05, 0.1) is 29.1 Å². The Kier molecular flexibility index (Phi) is 5.94. The molecule has 4 rings (SSSR count). The van der Waals surface area contributed by atoms with Crippen LogP contribution < -0.4 is 0 Å². The van der Waals surface area contributed by atoms with Crippen molar-refractivity contribution >= 4 is 5.91 Å². The summed E-state index contributed by atoms with van der Waals surface area (Å²) in [6.07, 6.45) is 4.43. The third kappa shape index (κ3) is 4.14. The van der Waals surface area contributed by atoms with Crippen LogP contribution in [0.5, 0.6) is 0 Å². The zero-order valence-electron chi connectivity index (χ0n) is 18.2. The first-order valence-corrected chi connectivity index (χ1v) is 11.0. The Balaban J connectivity index is 1.53. The Morgan fingerprint density at radius 3 is 2.57 bits per heavy atom. The lowest BCUT2D eigenvalue weighted by Crippen LogP contribution is -2.54. The summed E-state index contributed by atoms with van der Waals surface area (Å²) in [6, 6.07) is 11.9. The third-order valence-electron chi connectivity index (χ3n) is 6.66. The Bertz CT molecular complexity index is 889. The highest BCUT2D eigenvalue weighted by Gasteiger charge is 2.44. The maximum atomic E-state index is 13.5. The van der Waals surface area contributed by atoms with Crippen LogP contribution in [0.15, 0.2) is 42.6 Å². The largest absolute Gasteiger partial charge is 0.393 e. The lowest BCUT2D eigenvalue weighted by Gasteiger charge is -2.48. The minimum atomic E-state index is -0.321. The first-order chi connectivity index (χ1) is 14.4. The molecule has 1 N–H and O–H groups in total. The topological polar surface area (TPSA) is 62.7 Å². The minimum Gasteiger partial charge on any atom is -0.393 e. The second-order valence-corrected chi connectivity index (χ2v) is 9.15. The van der Waals surface area contributed by atoms with Gasteiger partial charge in [0.2, 0.25) is 0 Å². The van der Waals surface area contributed by atoms with Crippen LogP contribution in [0.25, 0.3) is 11.1 Å². The van der Waals surface area contributed by atoms with Crippen molar-refractivity contribution in [3.05, 3.63) is 53.9 Å². The fourth-order valence-electron chi connectivity index (χ4n) is 4.90. The number of carbonyl (C=O) groups excluding carboxylic acids is 1. The van der Waals surface area contributed by atoms with Gasteiger partial charge in [-0.2, -0.15) is 0 Å². The van der Waals surface area contributed by atoms with Crippen molar-refractivity contribution in [2.75, 3.05) is 13.1 Å². The molecular weight excluding hydrogens is 376 g/mol. The minimum absolute atomic E-state index is 0.0334. The molecule has 3 heterocycles. The average Bonchev–Trinajstić information content (AvgIpc) is 2.74. The fraction of sp³-hybridized carbons (Fsp3) is 0.520. The molecule has 2 aliphatic rings. The quantitative estimate of drug-likeness (QED) is 0.826. The van der Waals surface area contributed by atoms with E-state index < -0.39 is 0 Å². The van der Waals surface area contributed by atoms with E-state index in [4.69, 9.17) is 4.74 Å². The smallest absolute Gasteiger partial charge is 0.256 e. The van der Waals surface area contributed by atoms with E-state index in [1.807, 2.05) is 48.2 Å². The summed E-state index contributed by atoms with van der Waals surface area (Å²) >= 11 is 0. The summed E-state index contributed by atoms with van der Waals surface area (Å²) in [5, 5.41) is 10.4. The van der Waals surface area contributed by atoms with Crippen molar-refractivity contribution in [2.24, 2.45) is 5.92 Å². The van der Waals surface area contributed by atoms with Crippen LogP contribution in [-0.4, -0.2) is 51.8 Å². The number of aryl methyl sites for hydroxylation is 1. The molecule has 1 aromatic heterocycles. The van der Waals surface area contributed by atoms with Crippen molar-refractivity contribution in [1.29, 1.82) is 0 Å². The van der Waals surface area contributed by atoms with Gasteiger partial charge in [0.25, 0.3) is 5.91 Å². The Morgan fingerprint density at radius 2 is 1.90 bits per heavy atom. The van der Waals surface area contributed by atoms with Gasteiger partial charge in [-0.3, -0.25) is 9.78 Å². The predicted octanol–water partition coefficient (Wildman–Crippen LogP) is 4.23. The number of aromatic nitrogens is 1. The van der Waals surface area contributed by atoms with Gasteiger partial charge in [-0.05, 0) is 49.3 Å². The number of piperidine rings is 1. The maximum Gasteiger partial charge on any atom is 0.256 e. The van der Waals surface area contributed by atoms with Crippen molar-refractivity contribution in [2.45, 2.75) is 64.3 Å². The summed E-state index contributed by atoms with van der Waals surface area (Å²) in [4.78, 5) is 19.8. The van der Waals surface area contributed by atoms with E-state index in [0.29, 0.717) is 37.4 Å². The lowest BCUT2D eigenvalue weighted by atomic mass is 9.80. The molecule has 30 heavy (non-hydrogen) atoms. The number of amides is 1. The number of hydrogen-bond donors (Lipinski definition) is 1. The summed E-state index contributed by atoms with van der Waals surface area (Å²) in [6.45, 7) is 7.47. The molecule has 1 amide bonds. The van der Waals surface area contributed by atoms with Gasteiger partial charge in [0.1, 0.15) is 0 Å². The van der Waals surface area contributed by atoms with Crippen molar-refractivity contribution in [3.8, 4) is 11.1 Å². The SMILES string of the molecule is Cc1nccc(-c2ccccc2)c1C(=O)N1CCC2(CC1)C[C@H](O)C[C@H](C(C)C)O2. The predicted molar refractivity (Wildman–Crippen MR) is 117 cm³/mol. The molecular formula is C25H32N2O3. The molecule has 2 saturated heterocycles. The van der Waals surface area contributed by atoms with Gasteiger partial charge in [0.15, 0.2) is 0 Å². The van der Waals surface area contributed by atoms with E-state index in [1.54, 1.807) is 6.20 Å². The molecule has 2 atom stereocenters. The molecule has 2 fully saturated rings. The molecule has 5 nitrogen and oxygen atoms in total. The van der Waals surface area contributed by atoms with Gasteiger partial charge >= 0.3 is 0 Å². The number of hydrogen-bond acceptors (Lipinski definition) is 4. The molecule has 5 heteroatoms. The molecule has 2 aromatic rings. The number of pyridine rings is 1. The molecule has 2 aliphatic heterocycles. The number of nitrogens with zero attached hydrogens (tertiary/aromatic N) is 2. The van der Waals surface area contributed by atoms with E-state index in [9.17, 15) is 9.90 Å². The van der Waals surface area contributed by atoms with Gasteiger partial charge in [-0.1, -0.05) is 44.2 Å². The van der Waals surface area contributed by atoms with E-state index in [-0.39, 0.29) is 23.7 Å². The third-order valence-corrected chi connectivity index (χ3v) is 6.66. The summed E-state index contributed by atoms with van der Waals surface area (Å²) in [5.74, 6) is 0.411. The second kappa shape index (κ2) is 8.48. The fourth-order valence-corrected chi connectivity index (χ4v) is 4.90. The zero-order valence-corrected chi connectivity index (χ0v) is 18.2. The Hall–Kier alpha value is -2.24. The van der Waals surface area contributed by atoms with Crippen LogP contribution in [0.4, 0.5) is 0 Å². The number of aliphatic hydroxyl groups is 1. The van der Waals surface area contributed by atoms with Crippen LogP contribution >= 0.6 is 0 Å². The van der Waals surface area contributed by atoms with Crippen LogP contribution in [-0.2, 0) is 4.74 Å². The van der Waals surface area contributed by atoms with Crippen LogP contribution in [0.2, 0.25) is 0 Å². The highest BCUT2D eigenvalue weighted by Crippen LogP contribution is 2.40. The number of ether oxygens (including phenoxy) is 1. The lowest BCUT2D eigenvalue weighted by molar-refractivity contribution is -0.190. The van der Waals surface area contributed by atoms with Crippen LogP contribution in [0.3, 0.4) is 0 Å². The first kappa shape index (κ1) is 21.0. The molecule has 0 bridgehead atoms. The van der Waals surface area contributed by atoms with Gasteiger partial charge in [0, 0.05) is 25.7 Å². The maximum absolute atomic E-state index is 13.5. The second-order valence-electron chi connectivity index (χ2n) is 9.15. The number of likely N-dealkylation sites (tertiary alicyclic amines) is 1. The van der Waals surface area contributed by atoms with E-state index in [2.05, 4.69) is 18.8 Å². The standard InChI is InChI=1S/C25H32N2O3/c1-17(2)22-15-20(28)16-25(30-22)10-13-27(14-11-25)24(29)23-18(3)26-12-9-21(23)19-7-5-4-6-8-19/h4-9,12,17,20,22,28H,10-11,13-16H2,1-3H3/t20-,22-/m1/s1. The Morgan fingerprint density at radius 1 is 1.20 bits per heavy atom. The van der Waals surface area contributed by atoms with Crippen molar-refractivity contribution in [3.63, 3.8) is 0 Å². The average molecular weight is 409 g/mol. The van der Waals surface area contributed by atoms with Crippen molar-refractivity contribution < 1.29 is 14.6 Å².